The fourth-order valence-electron chi connectivity index (χ4n) is 2.53. The van der Waals surface area contributed by atoms with E-state index in [0.29, 0.717) is 16.9 Å². The lowest BCUT2D eigenvalue weighted by molar-refractivity contribution is 0.0997. The van der Waals surface area contributed by atoms with Crippen molar-refractivity contribution >= 4 is 17.5 Å². The summed E-state index contributed by atoms with van der Waals surface area (Å²) < 4.78 is 6.28. The topological polar surface area (TPSA) is 116 Å². The second-order valence-electron chi connectivity index (χ2n) is 6.04. The Morgan fingerprint density at radius 3 is 2.29 bits per heavy atom. The lowest BCUT2D eigenvalue weighted by atomic mass is 10.2. The highest BCUT2D eigenvalue weighted by atomic mass is 16.5. The molecule has 0 fully saturated rings. The molecule has 0 aliphatic heterocycles. The zero-order chi connectivity index (χ0) is 20.3. The Kier molecular flexibility index (Phi) is 5.21. The summed E-state index contributed by atoms with van der Waals surface area (Å²) in [6.07, 6.45) is 0. The number of primary amides is 1. The van der Waals surface area contributed by atoms with Crippen LogP contribution in [0, 0.1) is 6.92 Å². The van der Waals surface area contributed by atoms with Gasteiger partial charge in [0.2, 0.25) is 5.91 Å². The van der Waals surface area contributed by atoms with Crippen molar-refractivity contribution in [2.24, 2.45) is 5.73 Å². The molecule has 1 aromatic heterocycles. The van der Waals surface area contributed by atoms with Crippen LogP contribution in [0.5, 0.6) is 5.75 Å². The average Bonchev–Trinajstić information content (AvgIpc) is 2.68. The SMILES string of the molecule is COc1cc(=O)n(-c2ccc(C)cc2)nc1C(=O)Nc1ccc(C(N)=O)cc1. The third-order valence-corrected chi connectivity index (χ3v) is 4.04. The van der Waals surface area contributed by atoms with Gasteiger partial charge >= 0.3 is 0 Å². The van der Waals surface area contributed by atoms with Gasteiger partial charge in [0, 0.05) is 11.3 Å². The van der Waals surface area contributed by atoms with Crippen molar-refractivity contribution < 1.29 is 14.3 Å². The zero-order valence-corrected chi connectivity index (χ0v) is 15.3. The number of nitrogens with zero attached hydrogens (tertiary/aromatic N) is 2. The molecule has 0 unspecified atom stereocenters. The molecular weight excluding hydrogens is 360 g/mol. The zero-order valence-electron chi connectivity index (χ0n) is 15.3. The van der Waals surface area contributed by atoms with Crippen LogP contribution in [0.1, 0.15) is 26.4 Å². The van der Waals surface area contributed by atoms with Gasteiger partial charge in [0.05, 0.1) is 18.9 Å². The molecule has 3 aromatic rings. The van der Waals surface area contributed by atoms with E-state index in [1.165, 1.54) is 25.3 Å². The molecule has 28 heavy (non-hydrogen) atoms. The van der Waals surface area contributed by atoms with E-state index in [-0.39, 0.29) is 11.4 Å². The van der Waals surface area contributed by atoms with E-state index in [1.54, 1.807) is 24.3 Å². The predicted octanol–water partition coefficient (Wildman–Crippen LogP) is 1.90. The first kappa shape index (κ1) is 18.8. The molecular formula is C20H18N4O4. The molecule has 8 heteroatoms. The Morgan fingerprint density at radius 2 is 1.71 bits per heavy atom. The van der Waals surface area contributed by atoms with Crippen molar-refractivity contribution in [2.45, 2.75) is 6.92 Å². The van der Waals surface area contributed by atoms with Crippen molar-refractivity contribution in [1.29, 1.82) is 0 Å². The number of methoxy groups -OCH3 is 1. The second kappa shape index (κ2) is 7.75. The largest absolute Gasteiger partial charge is 0.494 e. The van der Waals surface area contributed by atoms with Gasteiger partial charge in [-0.2, -0.15) is 9.78 Å². The molecule has 0 bridgehead atoms. The number of nitrogens with two attached hydrogens (primary N) is 1. The minimum absolute atomic E-state index is 0.0540. The summed E-state index contributed by atoms with van der Waals surface area (Å²) >= 11 is 0. The molecule has 0 saturated carbocycles. The quantitative estimate of drug-likeness (QED) is 0.703. The van der Waals surface area contributed by atoms with Crippen LogP contribution in [0.15, 0.2) is 59.4 Å². The molecule has 0 saturated heterocycles. The van der Waals surface area contributed by atoms with Crippen LogP contribution in [-0.2, 0) is 0 Å². The number of aromatic nitrogens is 2. The van der Waals surface area contributed by atoms with Gasteiger partial charge in [0.15, 0.2) is 11.4 Å². The number of anilines is 1. The van der Waals surface area contributed by atoms with Gasteiger partial charge in [0.1, 0.15) is 0 Å². The summed E-state index contributed by atoms with van der Waals surface area (Å²) in [7, 11) is 1.35. The summed E-state index contributed by atoms with van der Waals surface area (Å²) in [4.78, 5) is 36.2. The van der Waals surface area contributed by atoms with E-state index in [2.05, 4.69) is 10.4 Å². The van der Waals surface area contributed by atoms with Crippen LogP contribution in [0.3, 0.4) is 0 Å². The Balaban J connectivity index is 1.96. The lowest BCUT2D eigenvalue weighted by Gasteiger charge is -2.12. The number of amides is 2. The number of nitrogens with one attached hydrogen (secondary N) is 1. The summed E-state index contributed by atoms with van der Waals surface area (Å²) in [5.74, 6) is -1.07. The second-order valence-corrected chi connectivity index (χ2v) is 6.04. The number of carbonyl (C=O) groups excluding carboxylic acids is 2. The monoisotopic (exact) mass is 378 g/mol. The van der Waals surface area contributed by atoms with Crippen molar-refractivity contribution in [3.63, 3.8) is 0 Å². The number of hydrogen-bond donors (Lipinski definition) is 2. The molecule has 142 valence electrons. The van der Waals surface area contributed by atoms with Crippen LogP contribution >= 0.6 is 0 Å². The first-order valence-electron chi connectivity index (χ1n) is 8.35. The third-order valence-electron chi connectivity index (χ3n) is 4.04. The van der Waals surface area contributed by atoms with E-state index in [9.17, 15) is 14.4 Å². The van der Waals surface area contributed by atoms with Gasteiger partial charge < -0.3 is 15.8 Å². The minimum atomic E-state index is -0.565. The Bertz CT molecular complexity index is 1090. The minimum Gasteiger partial charge on any atom is -0.494 e. The normalized spacial score (nSPS) is 10.4. The van der Waals surface area contributed by atoms with E-state index in [1.807, 2.05) is 19.1 Å². The van der Waals surface area contributed by atoms with Gasteiger partial charge in [-0.25, -0.2) is 0 Å². The summed E-state index contributed by atoms with van der Waals surface area (Å²) in [5.41, 5.74) is 7.04. The van der Waals surface area contributed by atoms with E-state index >= 15 is 0 Å². The van der Waals surface area contributed by atoms with Crippen LogP contribution in [0.4, 0.5) is 5.69 Å². The number of rotatable bonds is 5. The van der Waals surface area contributed by atoms with E-state index in [0.717, 1.165) is 10.2 Å². The Labute approximate surface area is 160 Å². The van der Waals surface area contributed by atoms with Crippen molar-refractivity contribution in [2.75, 3.05) is 12.4 Å². The fraction of sp³-hybridized carbons (Fsp3) is 0.100. The molecule has 0 aliphatic rings. The number of ether oxygens (including phenoxy) is 1. The van der Waals surface area contributed by atoms with Crippen LogP contribution in [0.2, 0.25) is 0 Å². The lowest BCUT2D eigenvalue weighted by Crippen LogP contribution is -2.26. The number of benzene rings is 2. The smallest absolute Gasteiger partial charge is 0.279 e. The van der Waals surface area contributed by atoms with Crippen molar-refractivity contribution in [3.05, 3.63) is 81.8 Å². The molecule has 0 radical (unpaired) electrons. The highest BCUT2D eigenvalue weighted by molar-refractivity contribution is 6.04. The molecule has 2 amide bonds. The predicted molar refractivity (Wildman–Crippen MR) is 104 cm³/mol. The molecule has 2 aromatic carbocycles. The highest BCUT2D eigenvalue weighted by Gasteiger charge is 2.18. The number of hydrogen-bond acceptors (Lipinski definition) is 5. The average molecular weight is 378 g/mol. The summed E-state index contributed by atoms with van der Waals surface area (Å²) in [5, 5.41) is 6.84. The molecule has 3 rings (SSSR count). The van der Waals surface area contributed by atoms with Gasteiger partial charge in [-0.15, -0.1) is 0 Å². The molecule has 0 aliphatic carbocycles. The Hall–Kier alpha value is -3.94. The molecule has 0 spiro atoms. The first-order valence-corrected chi connectivity index (χ1v) is 8.35. The van der Waals surface area contributed by atoms with E-state index in [4.69, 9.17) is 10.5 Å². The van der Waals surface area contributed by atoms with Gasteiger partial charge in [-0.1, -0.05) is 17.7 Å². The number of carbonyl (C=O) groups is 2. The summed E-state index contributed by atoms with van der Waals surface area (Å²) in [6, 6.07) is 14.4. The number of aryl methyl sites for hydroxylation is 1. The molecule has 3 N–H and O–H groups in total. The molecule has 8 nitrogen and oxygen atoms in total. The highest BCUT2D eigenvalue weighted by Crippen LogP contribution is 2.17. The fourth-order valence-corrected chi connectivity index (χ4v) is 2.53. The van der Waals surface area contributed by atoms with Crippen molar-refractivity contribution in [1.82, 2.24) is 9.78 Å². The maximum Gasteiger partial charge on any atom is 0.279 e. The van der Waals surface area contributed by atoms with Gasteiger partial charge in [0.25, 0.3) is 11.5 Å². The first-order chi connectivity index (χ1) is 13.4. The van der Waals surface area contributed by atoms with Crippen LogP contribution in [-0.4, -0.2) is 28.7 Å². The summed E-state index contributed by atoms with van der Waals surface area (Å²) in [6.45, 7) is 1.93. The molecule has 0 atom stereocenters. The van der Waals surface area contributed by atoms with Crippen LogP contribution in [0.25, 0.3) is 5.69 Å². The molecule has 1 heterocycles. The van der Waals surface area contributed by atoms with Gasteiger partial charge in [-0.05, 0) is 43.3 Å². The maximum absolute atomic E-state index is 12.7. The van der Waals surface area contributed by atoms with E-state index < -0.39 is 17.4 Å². The van der Waals surface area contributed by atoms with Gasteiger partial charge in [-0.3, -0.25) is 14.4 Å². The standard InChI is InChI=1S/C20H18N4O4/c1-12-3-9-15(10-4-12)24-17(25)11-16(28-2)18(23-24)20(27)22-14-7-5-13(6-8-14)19(21)26/h3-11H,1-2H3,(H2,21,26)(H,22,27). The van der Waals surface area contributed by atoms with Crippen LogP contribution < -0.4 is 21.3 Å². The maximum atomic E-state index is 12.7. The Morgan fingerprint density at radius 1 is 1.07 bits per heavy atom. The third kappa shape index (κ3) is 3.90. The van der Waals surface area contributed by atoms with Crippen molar-refractivity contribution in [3.8, 4) is 11.4 Å².